The fraction of sp³-hybridized carbons (Fsp3) is 0.733. The molecule has 5 heteroatoms. The van der Waals surface area contributed by atoms with Crippen LogP contribution in [-0.4, -0.2) is 47.7 Å². The lowest BCUT2D eigenvalue weighted by atomic mass is 9.88. The molecule has 0 aliphatic carbocycles. The number of nitrogens with zero attached hydrogens (tertiary/aromatic N) is 1. The number of hydrogen-bond donors (Lipinski definition) is 0. The van der Waals surface area contributed by atoms with E-state index in [2.05, 4.69) is 13.5 Å². The van der Waals surface area contributed by atoms with E-state index in [1.807, 2.05) is 4.90 Å². The van der Waals surface area contributed by atoms with Crippen LogP contribution >= 0.6 is 0 Å². The Morgan fingerprint density at radius 2 is 2.30 bits per heavy atom. The van der Waals surface area contributed by atoms with Crippen LogP contribution in [0.2, 0.25) is 0 Å². The van der Waals surface area contributed by atoms with E-state index < -0.39 is 5.97 Å². The number of hydrogen-bond acceptors (Lipinski definition) is 4. The van der Waals surface area contributed by atoms with E-state index in [1.165, 1.54) is 0 Å². The van der Waals surface area contributed by atoms with Gasteiger partial charge in [0.25, 0.3) is 0 Å². The first-order valence-electron chi connectivity index (χ1n) is 7.37. The van der Waals surface area contributed by atoms with E-state index in [0.29, 0.717) is 12.0 Å². The minimum atomic E-state index is -0.391. The first-order chi connectivity index (χ1) is 9.54. The Morgan fingerprint density at radius 1 is 1.55 bits per heavy atom. The number of likely N-dealkylation sites (tertiary alicyclic amines) is 1. The number of esters is 1. The highest BCUT2D eigenvalue weighted by atomic mass is 16.6. The van der Waals surface area contributed by atoms with E-state index in [1.54, 1.807) is 6.92 Å². The lowest BCUT2D eigenvalue weighted by molar-refractivity contribution is -0.150. The Labute approximate surface area is 118 Å². The summed E-state index contributed by atoms with van der Waals surface area (Å²) in [4.78, 5) is 26.0. The van der Waals surface area contributed by atoms with Crippen molar-refractivity contribution in [3.05, 3.63) is 12.2 Å². The Kier molecular flexibility index (Phi) is 3.32. The van der Waals surface area contributed by atoms with Crippen molar-refractivity contribution >= 4 is 11.9 Å². The molecule has 3 heterocycles. The van der Waals surface area contributed by atoms with Gasteiger partial charge < -0.3 is 14.4 Å². The third-order valence-electron chi connectivity index (χ3n) is 4.56. The van der Waals surface area contributed by atoms with Crippen LogP contribution in [0.15, 0.2) is 12.2 Å². The molecule has 3 aliphatic rings. The predicted octanol–water partition coefficient (Wildman–Crippen LogP) is 1.27. The highest BCUT2D eigenvalue weighted by Crippen LogP contribution is 2.48. The van der Waals surface area contributed by atoms with Gasteiger partial charge >= 0.3 is 5.97 Å². The van der Waals surface area contributed by atoms with E-state index in [0.717, 1.165) is 19.4 Å². The lowest BCUT2D eigenvalue weighted by Crippen LogP contribution is -2.47. The van der Waals surface area contributed by atoms with Gasteiger partial charge in [-0.15, -0.1) is 0 Å². The molecular formula is C15H21NO4. The predicted molar refractivity (Wildman–Crippen MR) is 71.9 cm³/mol. The Hall–Kier alpha value is -1.36. The molecule has 110 valence electrons. The Balaban J connectivity index is 1.78. The van der Waals surface area contributed by atoms with Gasteiger partial charge in [0, 0.05) is 12.1 Å². The molecule has 0 aromatic heterocycles. The zero-order valence-corrected chi connectivity index (χ0v) is 12.0. The van der Waals surface area contributed by atoms with E-state index >= 15 is 0 Å². The largest absolute Gasteiger partial charge is 0.454 e. The van der Waals surface area contributed by atoms with Gasteiger partial charge in [0.1, 0.15) is 0 Å². The standard InChI is InChI=1S/C15H21NO4/c1-4-5-6-16-11-12-9(14(16)17)7-10(19-12)13(11)20-15(18)8(2)3/h9-13H,2,4-7H2,1,3H3. The van der Waals surface area contributed by atoms with Gasteiger partial charge in [0.15, 0.2) is 6.10 Å². The molecule has 5 atom stereocenters. The average Bonchev–Trinajstić information content (AvgIpc) is 3.01. The van der Waals surface area contributed by atoms with Crippen molar-refractivity contribution in [3.63, 3.8) is 0 Å². The molecular weight excluding hydrogens is 258 g/mol. The van der Waals surface area contributed by atoms with Crippen LogP contribution in [0, 0.1) is 5.92 Å². The normalized spacial score (nSPS) is 37.6. The molecule has 3 aliphatic heterocycles. The molecule has 0 spiro atoms. The molecule has 3 saturated heterocycles. The van der Waals surface area contributed by atoms with Crippen molar-refractivity contribution in [3.8, 4) is 0 Å². The van der Waals surface area contributed by atoms with Gasteiger partial charge in [-0.25, -0.2) is 4.79 Å². The highest BCUT2D eigenvalue weighted by molar-refractivity contribution is 5.88. The number of ether oxygens (including phenoxy) is 2. The molecule has 20 heavy (non-hydrogen) atoms. The molecule has 0 saturated carbocycles. The topological polar surface area (TPSA) is 55.8 Å². The Bertz CT molecular complexity index is 461. The zero-order valence-electron chi connectivity index (χ0n) is 12.0. The van der Waals surface area contributed by atoms with Crippen LogP contribution in [0.4, 0.5) is 0 Å². The van der Waals surface area contributed by atoms with Crippen LogP contribution in [0.25, 0.3) is 0 Å². The smallest absolute Gasteiger partial charge is 0.333 e. The molecule has 1 amide bonds. The third-order valence-corrected chi connectivity index (χ3v) is 4.56. The van der Waals surface area contributed by atoms with Crippen LogP contribution in [0.1, 0.15) is 33.1 Å². The molecule has 0 radical (unpaired) electrons. The number of fused-ring (bicyclic) bond motifs is 1. The summed E-state index contributed by atoms with van der Waals surface area (Å²) in [5, 5.41) is 0. The fourth-order valence-corrected chi connectivity index (χ4v) is 3.59. The van der Waals surface area contributed by atoms with E-state index in [9.17, 15) is 9.59 Å². The van der Waals surface area contributed by atoms with Crippen molar-refractivity contribution in [2.24, 2.45) is 5.92 Å². The minimum Gasteiger partial charge on any atom is -0.454 e. The highest BCUT2D eigenvalue weighted by Gasteiger charge is 2.65. The van der Waals surface area contributed by atoms with Crippen molar-refractivity contribution in [2.45, 2.75) is 57.5 Å². The van der Waals surface area contributed by atoms with Crippen molar-refractivity contribution in [1.29, 1.82) is 0 Å². The number of rotatable bonds is 5. The van der Waals surface area contributed by atoms with Gasteiger partial charge in [-0.2, -0.15) is 0 Å². The first kappa shape index (κ1) is 13.6. The maximum atomic E-state index is 12.4. The SMILES string of the molecule is C=C(C)C(=O)OC1C2CC3C(=O)N(CCCC)C1C3O2. The summed E-state index contributed by atoms with van der Waals surface area (Å²) in [7, 11) is 0. The molecule has 5 unspecified atom stereocenters. The van der Waals surface area contributed by atoms with Gasteiger partial charge in [-0.1, -0.05) is 19.9 Å². The summed E-state index contributed by atoms with van der Waals surface area (Å²) in [6.45, 7) is 8.07. The number of carbonyl (C=O) groups is 2. The summed E-state index contributed by atoms with van der Waals surface area (Å²) >= 11 is 0. The number of carbonyl (C=O) groups excluding carboxylic acids is 2. The second kappa shape index (κ2) is 4.88. The summed E-state index contributed by atoms with van der Waals surface area (Å²) in [6.07, 6.45) is 2.13. The Morgan fingerprint density at radius 3 is 2.95 bits per heavy atom. The molecule has 5 nitrogen and oxygen atoms in total. The van der Waals surface area contributed by atoms with Gasteiger partial charge in [-0.3, -0.25) is 4.79 Å². The average molecular weight is 279 g/mol. The van der Waals surface area contributed by atoms with Crippen LogP contribution in [-0.2, 0) is 19.1 Å². The minimum absolute atomic E-state index is 0.0263. The van der Waals surface area contributed by atoms with Gasteiger partial charge in [0.05, 0.1) is 24.2 Å². The summed E-state index contributed by atoms with van der Waals surface area (Å²) in [5.74, 6) is -0.246. The van der Waals surface area contributed by atoms with Crippen molar-refractivity contribution in [2.75, 3.05) is 6.54 Å². The quantitative estimate of drug-likeness (QED) is 0.562. The molecule has 0 aromatic rings. The molecule has 0 N–H and O–H groups in total. The molecule has 3 fully saturated rings. The van der Waals surface area contributed by atoms with Crippen LogP contribution in [0.3, 0.4) is 0 Å². The van der Waals surface area contributed by atoms with E-state index in [4.69, 9.17) is 9.47 Å². The number of amides is 1. The van der Waals surface area contributed by atoms with Crippen LogP contribution in [0.5, 0.6) is 0 Å². The summed E-state index contributed by atoms with van der Waals surface area (Å²) < 4.78 is 11.4. The monoisotopic (exact) mass is 279 g/mol. The maximum Gasteiger partial charge on any atom is 0.333 e. The second-order valence-corrected chi connectivity index (χ2v) is 6.01. The number of unbranched alkanes of at least 4 members (excludes halogenated alkanes) is 1. The van der Waals surface area contributed by atoms with Crippen molar-refractivity contribution in [1.82, 2.24) is 4.90 Å². The molecule has 3 rings (SSSR count). The summed E-state index contributed by atoms with van der Waals surface area (Å²) in [6, 6.07) is -0.0962. The molecule has 0 aromatic carbocycles. The molecule has 2 bridgehead atoms. The summed E-state index contributed by atoms with van der Waals surface area (Å²) in [5.41, 5.74) is 0.383. The zero-order chi connectivity index (χ0) is 14.4. The first-order valence-corrected chi connectivity index (χ1v) is 7.37. The maximum absolute atomic E-state index is 12.4. The van der Waals surface area contributed by atoms with Crippen molar-refractivity contribution < 1.29 is 19.1 Å². The van der Waals surface area contributed by atoms with Gasteiger partial charge in [0.2, 0.25) is 5.91 Å². The lowest BCUT2D eigenvalue weighted by Gasteiger charge is -2.29. The fourth-order valence-electron chi connectivity index (χ4n) is 3.59. The third kappa shape index (κ3) is 1.87. The van der Waals surface area contributed by atoms with Gasteiger partial charge in [-0.05, 0) is 19.8 Å². The van der Waals surface area contributed by atoms with E-state index in [-0.39, 0.29) is 36.2 Å². The van der Waals surface area contributed by atoms with Crippen LogP contribution < -0.4 is 0 Å². The second-order valence-electron chi connectivity index (χ2n) is 6.01.